The maximum atomic E-state index is 11.5. The first-order chi connectivity index (χ1) is 8.27. The molecule has 0 spiro atoms. The van der Waals surface area contributed by atoms with Crippen molar-refractivity contribution in [3.63, 3.8) is 0 Å². The zero-order chi connectivity index (χ0) is 13.8. The number of thiazole rings is 1. The number of ether oxygens (including phenoxy) is 2. The van der Waals surface area contributed by atoms with Crippen molar-refractivity contribution in [2.75, 3.05) is 33.2 Å². The lowest BCUT2D eigenvalue weighted by molar-refractivity contribution is -0.0479. The minimum Gasteiger partial charge on any atom is -0.382 e. The Kier molecular flexibility index (Phi) is 5.23. The van der Waals surface area contributed by atoms with Crippen molar-refractivity contribution in [3.8, 4) is 0 Å². The van der Waals surface area contributed by atoms with Crippen LogP contribution in [0.3, 0.4) is 0 Å². The van der Waals surface area contributed by atoms with Crippen LogP contribution >= 0.6 is 11.3 Å². The summed E-state index contributed by atoms with van der Waals surface area (Å²) in [4.78, 5) is 4.01. The molecule has 1 rings (SSSR count). The second-order valence-corrected chi connectivity index (χ2v) is 7.56. The van der Waals surface area contributed by atoms with E-state index in [9.17, 15) is 9.32 Å². The summed E-state index contributed by atoms with van der Waals surface area (Å²) in [7, 11) is -1.22. The highest BCUT2D eigenvalue weighted by molar-refractivity contribution is 7.93. The van der Waals surface area contributed by atoms with E-state index in [2.05, 4.69) is 4.98 Å². The molecule has 0 aliphatic rings. The van der Waals surface area contributed by atoms with Crippen LogP contribution in [0, 0.1) is 4.78 Å². The van der Waals surface area contributed by atoms with Crippen molar-refractivity contribution in [2.45, 2.75) is 16.7 Å². The van der Waals surface area contributed by atoms with Crippen LogP contribution in [-0.4, -0.2) is 47.5 Å². The van der Waals surface area contributed by atoms with Crippen molar-refractivity contribution < 1.29 is 18.8 Å². The Morgan fingerprint density at radius 2 is 2.28 bits per heavy atom. The first-order valence-corrected chi connectivity index (χ1v) is 8.05. The van der Waals surface area contributed by atoms with Gasteiger partial charge in [-0.2, -0.15) is 0 Å². The van der Waals surface area contributed by atoms with Crippen molar-refractivity contribution in [3.05, 3.63) is 11.2 Å². The van der Waals surface area contributed by atoms with Crippen molar-refractivity contribution >= 4 is 21.1 Å². The lowest BCUT2D eigenvalue weighted by Gasteiger charge is -2.20. The SMILES string of the molecule is COCCOCC(C)(O)c1ncc(S(C)(=N)=O)s1. The van der Waals surface area contributed by atoms with Crippen LogP contribution in [-0.2, 0) is 24.8 Å². The molecule has 1 aromatic rings. The number of nitrogens with one attached hydrogen (secondary N) is 1. The molecule has 8 heteroatoms. The minimum absolute atomic E-state index is 0.0756. The van der Waals surface area contributed by atoms with Gasteiger partial charge in [-0.3, -0.25) is 0 Å². The Labute approximate surface area is 111 Å². The van der Waals surface area contributed by atoms with E-state index in [4.69, 9.17) is 14.3 Å². The summed E-state index contributed by atoms with van der Waals surface area (Å²) in [5.74, 6) is 0. The van der Waals surface area contributed by atoms with E-state index >= 15 is 0 Å². The molecule has 6 nitrogen and oxygen atoms in total. The summed E-state index contributed by atoms with van der Waals surface area (Å²) in [6, 6.07) is 0. The second kappa shape index (κ2) is 6.07. The highest BCUT2D eigenvalue weighted by Gasteiger charge is 2.28. The number of aromatic nitrogens is 1. The quantitative estimate of drug-likeness (QED) is 0.733. The van der Waals surface area contributed by atoms with E-state index in [1.165, 1.54) is 12.5 Å². The van der Waals surface area contributed by atoms with Crippen LogP contribution in [0.5, 0.6) is 0 Å². The van der Waals surface area contributed by atoms with Gasteiger partial charge in [0.1, 0.15) is 14.8 Å². The van der Waals surface area contributed by atoms with Crippen LogP contribution in [0.25, 0.3) is 0 Å². The van der Waals surface area contributed by atoms with Crippen LogP contribution in [0.15, 0.2) is 10.4 Å². The van der Waals surface area contributed by atoms with Gasteiger partial charge in [-0.25, -0.2) is 14.0 Å². The topological polar surface area (TPSA) is 92.5 Å². The van der Waals surface area contributed by atoms with E-state index in [1.54, 1.807) is 14.0 Å². The third-order valence-corrected chi connectivity index (χ3v) is 5.27. The third-order valence-electron chi connectivity index (χ3n) is 2.14. The van der Waals surface area contributed by atoms with Crippen molar-refractivity contribution in [2.24, 2.45) is 0 Å². The van der Waals surface area contributed by atoms with Gasteiger partial charge in [0.05, 0.1) is 35.7 Å². The van der Waals surface area contributed by atoms with Gasteiger partial charge in [0, 0.05) is 13.4 Å². The first-order valence-electron chi connectivity index (χ1n) is 5.26. The van der Waals surface area contributed by atoms with Gasteiger partial charge in [-0.05, 0) is 6.92 Å². The number of hydrogen-bond acceptors (Lipinski definition) is 7. The molecule has 0 aliphatic heterocycles. The van der Waals surface area contributed by atoms with E-state index < -0.39 is 15.3 Å². The van der Waals surface area contributed by atoms with Gasteiger partial charge in [0.25, 0.3) is 0 Å². The average molecular weight is 294 g/mol. The Bertz CT molecular complexity index is 482. The molecule has 2 atom stereocenters. The van der Waals surface area contributed by atoms with Crippen molar-refractivity contribution in [1.82, 2.24) is 4.98 Å². The van der Waals surface area contributed by atoms with Crippen LogP contribution in [0.4, 0.5) is 0 Å². The molecule has 0 aliphatic carbocycles. The lowest BCUT2D eigenvalue weighted by Crippen LogP contribution is -2.28. The van der Waals surface area contributed by atoms with Gasteiger partial charge >= 0.3 is 0 Å². The number of hydrogen-bond donors (Lipinski definition) is 2. The third kappa shape index (κ3) is 4.29. The predicted molar refractivity (Wildman–Crippen MR) is 69.4 cm³/mol. The van der Waals surface area contributed by atoms with Crippen LogP contribution < -0.4 is 0 Å². The number of aliphatic hydroxyl groups is 1. The highest BCUT2D eigenvalue weighted by atomic mass is 32.2. The van der Waals surface area contributed by atoms with E-state index in [0.717, 1.165) is 11.3 Å². The zero-order valence-electron chi connectivity index (χ0n) is 10.6. The second-order valence-electron chi connectivity index (χ2n) is 4.15. The summed E-state index contributed by atoms with van der Waals surface area (Å²) in [5.41, 5.74) is -1.25. The smallest absolute Gasteiger partial charge is 0.136 e. The van der Waals surface area contributed by atoms with E-state index in [-0.39, 0.29) is 6.61 Å². The molecule has 1 heterocycles. The summed E-state index contributed by atoms with van der Waals surface area (Å²) in [6.45, 7) is 2.48. The molecule has 18 heavy (non-hydrogen) atoms. The average Bonchev–Trinajstić information content (AvgIpc) is 2.73. The minimum atomic E-state index is -2.79. The molecule has 0 radical (unpaired) electrons. The summed E-state index contributed by atoms with van der Waals surface area (Å²) < 4.78 is 29.4. The predicted octanol–water partition coefficient (Wildman–Crippen LogP) is 1.05. The molecule has 104 valence electrons. The Morgan fingerprint density at radius 1 is 1.61 bits per heavy atom. The molecule has 2 N–H and O–H groups in total. The Morgan fingerprint density at radius 3 is 2.78 bits per heavy atom. The van der Waals surface area contributed by atoms with Crippen LogP contribution in [0.2, 0.25) is 0 Å². The highest BCUT2D eigenvalue weighted by Crippen LogP contribution is 2.28. The maximum absolute atomic E-state index is 11.5. The number of rotatable bonds is 7. The zero-order valence-corrected chi connectivity index (χ0v) is 12.3. The summed E-state index contributed by atoms with van der Waals surface area (Å²) in [5, 5.41) is 10.6. The largest absolute Gasteiger partial charge is 0.382 e. The Balaban J connectivity index is 2.70. The Hall–Kier alpha value is -0.540. The van der Waals surface area contributed by atoms with Gasteiger partial charge < -0.3 is 14.6 Å². The fraction of sp³-hybridized carbons (Fsp3) is 0.700. The molecule has 0 saturated carbocycles. The fourth-order valence-corrected chi connectivity index (χ4v) is 2.97. The molecule has 0 amide bonds. The van der Waals surface area contributed by atoms with Gasteiger partial charge in [-0.15, -0.1) is 11.3 Å². The molecule has 0 aromatic carbocycles. The number of nitrogens with zero attached hydrogens (tertiary/aromatic N) is 1. The summed E-state index contributed by atoms with van der Waals surface area (Å²) >= 11 is 1.08. The number of methoxy groups -OCH3 is 1. The molecule has 1 aromatic heterocycles. The lowest BCUT2D eigenvalue weighted by atomic mass is 10.1. The van der Waals surface area contributed by atoms with Crippen LogP contribution in [0.1, 0.15) is 11.9 Å². The van der Waals surface area contributed by atoms with Gasteiger partial charge in [0.15, 0.2) is 0 Å². The standard InChI is InChI=1S/C10H18N2O4S2/c1-10(13,7-16-5-4-15-2)9-12-6-8(17-9)18(3,11)14/h6,11,13H,4-5,7H2,1-3H3. The van der Waals surface area contributed by atoms with Crippen molar-refractivity contribution in [1.29, 1.82) is 4.78 Å². The molecule has 0 saturated heterocycles. The summed E-state index contributed by atoms with van der Waals surface area (Å²) in [6.07, 6.45) is 2.70. The monoisotopic (exact) mass is 294 g/mol. The van der Waals surface area contributed by atoms with E-state index in [1.807, 2.05) is 0 Å². The van der Waals surface area contributed by atoms with Gasteiger partial charge in [0.2, 0.25) is 0 Å². The fourth-order valence-electron chi connectivity index (χ4n) is 1.16. The molecule has 2 unspecified atom stereocenters. The molecule has 0 bridgehead atoms. The molecular weight excluding hydrogens is 276 g/mol. The normalized spacial score (nSPS) is 18.2. The van der Waals surface area contributed by atoms with Gasteiger partial charge in [-0.1, -0.05) is 0 Å². The van der Waals surface area contributed by atoms with E-state index in [0.29, 0.717) is 22.4 Å². The first kappa shape index (κ1) is 15.5. The molecule has 0 fully saturated rings. The maximum Gasteiger partial charge on any atom is 0.136 e. The molecular formula is C10H18N2O4S2.